The van der Waals surface area contributed by atoms with Crippen molar-refractivity contribution in [2.45, 2.75) is 42.5 Å². The molecule has 1 saturated carbocycles. The number of aromatic nitrogens is 3. The van der Waals surface area contributed by atoms with Gasteiger partial charge in [0.1, 0.15) is 10.3 Å². The fraction of sp³-hybridized carbons (Fsp3) is 0.714. The number of hydrogen-bond donors (Lipinski definition) is 1. The summed E-state index contributed by atoms with van der Waals surface area (Å²) in [6.07, 6.45) is 4.95. The molecule has 1 spiro atoms. The Kier molecular flexibility index (Phi) is 3.09. The van der Waals surface area contributed by atoms with E-state index in [2.05, 4.69) is 15.6 Å². The molecular weight excluding hydrogens is 334 g/mol. The van der Waals surface area contributed by atoms with Gasteiger partial charge in [-0.15, -0.1) is 5.10 Å². The lowest BCUT2D eigenvalue weighted by Gasteiger charge is -2.50. The maximum Gasteiger partial charge on any atom is 0.250 e. The molecule has 10 heteroatoms. The summed E-state index contributed by atoms with van der Waals surface area (Å²) in [5.74, 6) is -0.307. The van der Waals surface area contributed by atoms with Gasteiger partial charge in [0.2, 0.25) is 5.91 Å². The zero-order valence-electron chi connectivity index (χ0n) is 13.3. The standard InChI is InChI=1S/C14H19N5O4S/c1-10(20)16-11-2-7-24(22,23)14(11)8-18(9-14)12(21)13(3-4-13)19-6-5-15-17-19/h5-6,11H,2-4,7-9H2,1H3,(H,16,20). The summed E-state index contributed by atoms with van der Waals surface area (Å²) in [7, 11) is -3.33. The largest absolute Gasteiger partial charge is 0.352 e. The van der Waals surface area contributed by atoms with Crippen molar-refractivity contribution in [3.63, 3.8) is 0 Å². The van der Waals surface area contributed by atoms with Crippen LogP contribution < -0.4 is 5.32 Å². The first-order chi connectivity index (χ1) is 11.3. The molecule has 3 heterocycles. The molecule has 1 unspecified atom stereocenters. The molecule has 9 nitrogen and oxygen atoms in total. The average molecular weight is 353 g/mol. The average Bonchev–Trinajstić information content (AvgIpc) is 2.99. The van der Waals surface area contributed by atoms with Crippen molar-refractivity contribution in [1.29, 1.82) is 0 Å². The van der Waals surface area contributed by atoms with Gasteiger partial charge in [-0.25, -0.2) is 13.1 Å². The Morgan fingerprint density at radius 3 is 2.54 bits per heavy atom. The van der Waals surface area contributed by atoms with Crippen LogP contribution >= 0.6 is 0 Å². The minimum absolute atomic E-state index is 0.0498. The van der Waals surface area contributed by atoms with Crippen molar-refractivity contribution in [2.24, 2.45) is 0 Å². The van der Waals surface area contributed by atoms with Crippen LogP contribution in [0.1, 0.15) is 26.2 Å². The lowest BCUT2D eigenvalue weighted by molar-refractivity contribution is -0.142. The summed E-state index contributed by atoms with van der Waals surface area (Å²) in [6, 6.07) is -0.425. The fourth-order valence-electron chi connectivity index (χ4n) is 3.96. The highest BCUT2D eigenvalue weighted by Gasteiger charge is 2.66. The number of nitrogens with zero attached hydrogens (tertiary/aromatic N) is 4. The molecule has 3 fully saturated rings. The van der Waals surface area contributed by atoms with Crippen molar-refractivity contribution >= 4 is 21.7 Å². The number of carbonyl (C=O) groups is 2. The summed E-state index contributed by atoms with van der Waals surface area (Å²) in [4.78, 5) is 25.8. The van der Waals surface area contributed by atoms with E-state index in [1.165, 1.54) is 13.1 Å². The third-order valence-corrected chi connectivity index (χ3v) is 8.05. The van der Waals surface area contributed by atoms with Gasteiger partial charge in [-0.1, -0.05) is 5.21 Å². The van der Waals surface area contributed by atoms with Crippen molar-refractivity contribution in [3.8, 4) is 0 Å². The van der Waals surface area contributed by atoms with Crippen molar-refractivity contribution in [2.75, 3.05) is 18.8 Å². The van der Waals surface area contributed by atoms with Crippen LogP contribution in [0.2, 0.25) is 0 Å². The van der Waals surface area contributed by atoms with Crippen LogP contribution in [0.4, 0.5) is 0 Å². The Balaban J connectivity index is 1.54. The third-order valence-electron chi connectivity index (χ3n) is 5.49. The molecule has 1 aromatic rings. The van der Waals surface area contributed by atoms with Gasteiger partial charge in [-0.3, -0.25) is 9.59 Å². The summed E-state index contributed by atoms with van der Waals surface area (Å²) in [6.45, 7) is 1.65. The molecular formula is C14H19N5O4S. The van der Waals surface area contributed by atoms with Crippen molar-refractivity contribution in [3.05, 3.63) is 12.4 Å². The lowest BCUT2D eigenvalue weighted by Crippen LogP contribution is -2.73. The van der Waals surface area contributed by atoms with Crippen LogP contribution in [-0.2, 0) is 25.0 Å². The number of carbonyl (C=O) groups excluding carboxylic acids is 2. The SMILES string of the molecule is CC(=O)NC1CCS(=O)(=O)C12CN(C(=O)C1(n3ccnn3)CC1)C2. The monoisotopic (exact) mass is 353 g/mol. The minimum Gasteiger partial charge on any atom is -0.352 e. The summed E-state index contributed by atoms with van der Waals surface area (Å²) >= 11 is 0. The molecule has 0 radical (unpaired) electrons. The molecule has 130 valence electrons. The van der Waals surface area contributed by atoms with E-state index in [-0.39, 0.29) is 30.7 Å². The van der Waals surface area contributed by atoms with E-state index < -0.39 is 26.2 Å². The van der Waals surface area contributed by atoms with Crippen LogP contribution in [0.25, 0.3) is 0 Å². The molecule has 3 aliphatic rings. The van der Waals surface area contributed by atoms with Gasteiger partial charge in [0.05, 0.1) is 18.0 Å². The Bertz CT molecular complexity index is 793. The molecule has 2 saturated heterocycles. The van der Waals surface area contributed by atoms with Gasteiger partial charge < -0.3 is 10.2 Å². The van der Waals surface area contributed by atoms with E-state index in [4.69, 9.17) is 0 Å². The Morgan fingerprint density at radius 1 is 1.29 bits per heavy atom. The van der Waals surface area contributed by atoms with Gasteiger partial charge >= 0.3 is 0 Å². The van der Waals surface area contributed by atoms with Crippen LogP contribution in [0.15, 0.2) is 12.4 Å². The Labute approximate surface area is 139 Å². The van der Waals surface area contributed by atoms with Gasteiger partial charge in [0.25, 0.3) is 5.91 Å². The predicted octanol–water partition coefficient (Wildman–Crippen LogP) is -1.33. The zero-order chi connectivity index (χ0) is 17.2. The fourth-order valence-corrected chi connectivity index (χ4v) is 6.22. The van der Waals surface area contributed by atoms with E-state index in [9.17, 15) is 18.0 Å². The van der Waals surface area contributed by atoms with Crippen LogP contribution in [0, 0.1) is 0 Å². The predicted molar refractivity (Wildman–Crippen MR) is 82.5 cm³/mol. The number of rotatable bonds is 3. The van der Waals surface area contributed by atoms with Gasteiger partial charge in [0, 0.05) is 26.2 Å². The first-order valence-corrected chi connectivity index (χ1v) is 9.62. The summed E-state index contributed by atoms with van der Waals surface area (Å²) < 4.78 is 25.5. The molecule has 24 heavy (non-hydrogen) atoms. The highest BCUT2D eigenvalue weighted by Crippen LogP contribution is 2.48. The van der Waals surface area contributed by atoms with E-state index in [1.54, 1.807) is 15.8 Å². The molecule has 2 aliphatic heterocycles. The second-order valence-corrected chi connectivity index (χ2v) is 9.42. The molecule has 1 aliphatic carbocycles. The van der Waals surface area contributed by atoms with E-state index in [0.717, 1.165) is 0 Å². The normalized spacial score (nSPS) is 28.4. The van der Waals surface area contributed by atoms with E-state index in [1.807, 2.05) is 0 Å². The molecule has 4 rings (SSSR count). The van der Waals surface area contributed by atoms with Crippen LogP contribution in [-0.4, -0.2) is 69.8 Å². The topological polar surface area (TPSA) is 114 Å². The number of amides is 2. The maximum absolute atomic E-state index is 12.8. The van der Waals surface area contributed by atoms with Gasteiger partial charge in [-0.2, -0.15) is 0 Å². The summed E-state index contributed by atoms with van der Waals surface area (Å²) in [5.41, 5.74) is -0.704. The Morgan fingerprint density at radius 2 is 2.00 bits per heavy atom. The lowest BCUT2D eigenvalue weighted by atomic mass is 9.88. The minimum atomic E-state index is -3.33. The van der Waals surface area contributed by atoms with Gasteiger partial charge in [-0.05, 0) is 19.3 Å². The van der Waals surface area contributed by atoms with Gasteiger partial charge in [0.15, 0.2) is 9.84 Å². The highest BCUT2D eigenvalue weighted by molar-refractivity contribution is 7.93. The highest BCUT2D eigenvalue weighted by atomic mass is 32.2. The third kappa shape index (κ3) is 1.95. The number of sulfone groups is 1. The first kappa shape index (κ1) is 15.6. The molecule has 2 amide bonds. The number of nitrogens with one attached hydrogen (secondary N) is 1. The van der Waals surface area contributed by atoms with Crippen molar-refractivity contribution < 1.29 is 18.0 Å². The molecule has 1 N–H and O–H groups in total. The van der Waals surface area contributed by atoms with E-state index in [0.29, 0.717) is 19.3 Å². The van der Waals surface area contributed by atoms with Crippen LogP contribution in [0.3, 0.4) is 0 Å². The number of hydrogen-bond acceptors (Lipinski definition) is 6. The summed E-state index contributed by atoms with van der Waals surface area (Å²) in [5, 5.41) is 10.4. The first-order valence-electron chi connectivity index (χ1n) is 7.96. The molecule has 0 aromatic carbocycles. The molecule has 1 aromatic heterocycles. The number of likely N-dealkylation sites (tertiary alicyclic amines) is 1. The second-order valence-electron chi connectivity index (χ2n) is 6.97. The quantitative estimate of drug-likeness (QED) is 0.720. The molecule has 0 bridgehead atoms. The Hall–Kier alpha value is -1.97. The zero-order valence-corrected chi connectivity index (χ0v) is 14.1. The molecule has 1 atom stereocenters. The smallest absolute Gasteiger partial charge is 0.250 e. The van der Waals surface area contributed by atoms with Crippen LogP contribution in [0.5, 0.6) is 0 Å². The van der Waals surface area contributed by atoms with E-state index >= 15 is 0 Å². The maximum atomic E-state index is 12.8. The second kappa shape index (κ2) is 4.78. The van der Waals surface area contributed by atoms with Crippen molar-refractivity contribution in [1.82, 2.24) is 25.2 Å².